The first-order valence-corrected chi connectivity index (χ1v) is 7.22. The Hall–Kier alpha value is -1.35. The Balaban J connectivity index is 2.60. The summed E-state index contributed by atoms with van der Waals surface area (Å²) in [6.07, 6.45) is 3.83. The molecule has 0 atom stereocenters. The fraction of sp³-hybridized carbons (Fsp3) is 0.562. The van der Waals surface area contributed by atoms with Gasteiger partial charge in [0, 0.05) is 18.2 Å². The van der Waals surface area contributed by atoms with E-state index in [1.54, 1.807) is 0 Å². The van der Waals surface area contributed by atoms with Crippen molar-refractivity contribution in [2.24, 2.45) is 5.73 Å². The minimum atomic E-state index is 0.134. The first-order chi connectivity index (χ1) is 9.04. The molecule has 0 aromatic heterocycles. The summed E-state index contributed by atoms with van der Waals surface area (Å²) in [5.41, 5.74) is 7.55. The second-order valence-corrected chi connectivity index (χ2v) is 5.38. The lowest BCUT2D eigenvalue weighted by atomic mass is 10.1. The van der Waals surface area contributed by atoms with Crippen LogP contribution in [0.25, 0.3) is 0 Å². The molecule has 0 aliphatic heterocycles. The number of rotatable bonds is 8. The molecule has 0 heterocycles. The Labute approximate surface area is 117 Å². The van der Waals surface area contributed by atoms with Crippen molar-refractivity contribution >= 4 is 5.84 Å². The summed E-state index contributed by atoms with van der Waals surface area (Å²) in [5, 5.41) is 7.40. The molecular formula is C16H27N3. The van der Waals surface area contributed by atoms with E-state index in [-0.39, 0.29) is 5.84 Å². The number of nitrogen functional groups attached to an aromatic ring is 1. The van der Waals surface area contributed by atoms with Crippen LogP contribution in [0.5, 0.6) is 0 Å². The van der Waals surface area contributed by atoms with Gasteiger partial charge in [0.2, 0.25) is 0 Å². The molecule has 1 aromatic carbocycles. The van der Waals surface area contributed by atoms with Crippen molar-refractivity contribution in [1.29, 1.82) is 5.41 Å². The van der Waals surface area contributed by atoms with E-state index in [0.29, 0.717) is 6.04 Å². The molecule has 106 valence electrons. The summed E-state index contributed by atoms with van der Waals surface area (Å²) in [7, 11) is 0. The lowest BCUT2D eigenvalue weighted by Gasteiger charge is -2.26. The molecule has 3 N–H and O–H groups in total. The molecule has 0 aliphatic carbocycles. The van der Waals surface area contributed by atoms with E-state index < -0.39 is 0 Å². The predicted octanol–water partition coefficient (Wildman–Crippen LogP) is 3.37. The van der Waals surface area contributed by atoms with Gasteiger partial charge in [0.1, 0.15) is 5.84 Å². The van der Waals surface area contributed by atoms with Crippen molar-refractivity contribution in [2.45, 2.75) is 52.6 Å². The van der Waals surface area contributed by atoms with Gasteiger partial charge in [0.25, 0.3) is 0 Å². The van der Waals surface area contributed by atoms with Gasteiger partial charge in [-0.3, -0.25) is 10.3 Å². The second-order valence-electron chi connectivity index (χ2n) is 5.38. The number of benzene rings is 1. The maximum atomic E-state index is 7.40. The highest BCUT2D eigenvalue weighted by Crippen LogP contribution is 2.11. The zero-order chi connectivity index (χ0) is 14.3. The summed E-state index contributed by atoms with van der Waals surface area (Å²) in [4.78, 5) is 2.50. The largest absolute Gasteiger partial charge is 0.384 e. The predicted molar refractivity (Wildman–Crippen MR) is 82.5 cm³/mol. The minimum absolute atomic E-state index is 0.134. The summed E-state index contributed by atoms with van der Waals surface area (Å²) in [6, 6.07) is 8.58. The number of hydrogen-bond acceptors (Lipinski definition) is 2. The molecule has 0 saturated carbocycles. The van der Waals surface area contributed by atoms with Crippen molar-refractivity contribution in [3.63, 3.8) is 0 Å². The number of nitrogens with two attached hydrogens (primary N) is 1. The third-order valence-corrected chi connectivity index (χ3v) is 3.43. The number of unbranched alkanes of at least 4 members (excludes halogenated alkanes) is 2. The molecule has 0 spiro atoms. The van der Waals surface area contributed by atoms with E-state index in [2.05, 4.69) is 37.8 Å². The molecule has 0 amide bonds. The molecular weight excluding hydrogens is 234 g/mol. The highest BCUT2D eigenvalue weighted by Gasteiger charge is 2.09. The van der Waals surface area contributed by atoms with Crippen molar-refractivity contribution in [2.75, 3.05) is 6.54 Å². The van der Waals surface area contributed by atoms with E-state index in [1.165, 1.54) is 24.8 Å². The van der Waals surface area contributed by atoms with Gasteiger partial charge < -0.3 is 5.73 Å². The Morgan fingerprint density at radius 2 is 1.84 bits per heavy atom. The molecule has 0 fully saturated rings. The quantitative estimate of drug-likeness (QED) is 0.428. The first-order valence-electron chi connectivity index (χ1n) is 7.22. The van der Waals surface area contributed by atoms with Crippen LogP contribution in [-0.4, -0.2) is 23.3 Å². The molecule has 1 aromatic rings. The average molecular weight is 261 g/mol. The molecule has 0 unspecified atom stereocenters. The Morgan fingerprint density at radius 1 is 1.21 bits per heavy atom. The van der Waals surface area contributed by atoms with Gasteiger partial charge in [0.15, 0.2) is 0 Å². The minimum Gasteiger partial charge on any atom is -0.384 e. The van der Waals surface area contributed by atoms with Gasteiger partial charge in [0.05, 0.1) is 0 Å². The van der Waals surface area contributed by atoms with Crippen LogP contribution in [0.1, 0.15) is 51.2 Å². The van der Waals surface area contributed by atoms with E-state index >= 15 is 0 Å². The molecule has 0 aliphatic rings. The van der Waals surface area contributed by atoms with E-state index in [1.807, 2.05) is 12.1 Å². The van der Waals surface area contributed by atoms with Crippen molar-refractivity contribution in [1.82, 2.24) is 4.90 Å². The third kappa shape index (κ3) is 5.43. The number of hydrogen-bond donors (Lipinski definition) is 2. The summed E-state index contributed by atoms with van der Waals surface area (Å²) in [5.74, 6) is 0.134. The fourth-order valence-corrected chi connectivity index (χ4v) is 2.11. The Kier molecular flexibility index (Phi) is 6.57. The Bertz CT molecular complexity index is 381. The zero-order valence-electron chi connectivity index (χ0n) is 12.4. The highest BCUT2D eigenvalue weighted by molar-refractivity contribution is 5.94. The standard InChI is InChI=1S/C16H27N3/c1-4-5-6-11-19(13(2)3)12-14-7-9-15(10-8-14)16(17)18/h7-10,13H,4-6,11-12H2,1-3H3,(H3,17,18). The van der Waals surface area contributed by atoms with Crippen LogP contribution in [0.15, 0.2) is 24.3 Å². The Morgan fingerprint density at radius 3 is 2.32 bits per heavy atom. The summed E-state index contributed by atoms with van der Waals surface area (Å²) < 4.78 is 0. The normalized spacial score (nSPS) is 11.2. The smallest absolute Gasteiger partial charge is 0.122 e. The first kappa shape index (κ1) is 15.7. The van der Waals surface area contributed by atoms with Gasteiger partial charge in [-0.15, -0.1) is 0 Å². The van der Waals surface area contributed by atoms with Crippen LogP contribution in [0.4, 0.5) is 0 Å². The van der Waals surface area contributed by atoms with Crippen LogP contribution >= 0.6 is 0 Å². The van der Waals surface area contributed by atoms with Crippen LogP contribution < -0.4 is 5.73 Å². The van der Waals surface area contributed by atoms with E-state index in [0.717, 1.165) is 18.7 Å². The molecule has 3 nitrogen and oxygen atoms in total. The lowest BCUT2D eigenvalue weighted by Crippen LogP contribution is -2.31. The number of amidine groups is 1. The van der Waals surface area contributed by atoms with Crippen LogP contribution in [0.2, 0.25) is 0 Å². The zero-order valence-corrected chi connectivity index (χ0v) is 12.4. The van der Waals surface area contributed by atoms with Gasteiger partial charge in [-0.25, -0.2) is 0 Å². The van der Waals surface area contributed by atoms with Gasteiger partial charge in [-0.1, -0.05) is 44.0 Å². The van der Waals surface area contributed by atoms with Crippen LogP contribution in [0.3, 0.4) is 0 Å². The number of nitrogens with one attached hydrogen (secondary N) is 1. The summed E-state index contributed by atoms with van der Waals surface area (Å²) >= 11 is 0. The average Bonchev–Trinajstić information content (AvgIpc) is 2.38. The van der Waals surface area contributed by atoms with Crippen LogP contribution in [-0.2, 0) is 6.54 Å². The monoisotopic (exact) mass is 261 g/mol. The highest BCUT2D eigenvalue weighted by atomic mass is 15.1. The van der Waals surface area contributed by atoms with Crippen molar-refractivity contribution in [3.8, 4) is 0 Å². The third-order valence-electron chi connectivity index (χ3n) is 3.43. The molecule has 0 radical (unpaired) electrons. The molecule has 19 heavy (non-hydrogen) atoms. The fourth-order valence-electron chi connectivity index (χ4n) is 2.11. The molecule has 0 saturated heterocycles. The molecule has 1 rings (SSSR count). The van der Waals surface area contributed by atoms with Crippen LogP contribution in [0, 0.1) is 5.41 Å². The van der Waals surface area contributed by atoms with Gasteiger partial charge >= 0.3 is 0 Å². The van der Waals surface area contributed by atoms with E-state index in [9.17, 15) is 0 Å². The molecule has 0 bridgehead atoms. The van der Waals surface area contributed by atoms with Gasteiger partial charge in [-0.2, -0.15) is 0 Å². The maximum Gasteiger partial charge on any atom is 0.122 e. The SMILES string of the molecule is CCCCCN(Cc1ccc(C(=N)N)cc1)C(C)C. The van der Waals surface area contributed by atoms with Crippen molar-refractivity contribution < 1.29 is 0 Å². The summed E-state index contributed by atoms with van der Waals surface area (Å²) in [6.45, 7) is 8.85. The van der Waals surface area contributed by atoms with E-state index in [4.69, 9.17) is 11.1 Å². The number of nitrogens with zero attached hydrogens (tertiary/aromatic N) is 1. The molecule has 3 heteroatoms. The van der Waals surface area contributed by atoms with Gasteiger partial charge in [-0.05, 0) is 32.4 Å². The van der Waals surface area contributed by atoms with Crippen molar-refractivity contribution in [3.05, 3.63) is 35.4 Å². The lowest BCUT2D eigenvalue weighted by molar-refractivity contribution is 0.208. The maximum absolute atomic E-state index is 7.40. The second kappa shape index (κ2) is 7.95. The topological polar surface area (TPSA) is 53.1 Å².